The molecule has 0 saturated heterocycles. The number of carbonyl (C=O) groups is 2. The van der Waals surface area contributed by atoms with Crippen LogP contribution in [0.4, 0.5) is 0 Å². The van der Waals surface area contributed by atoms with Gasteiger partial charge in [0.15, 0.2) is 5.72 Å². The molecule has 3 fully saturated rings. The van der Waals surface area contributed by atoms with Crippen LogP contribution in [0.25, 0.3) is 0 Å². The molecule has 2 bridgehead atoms. The number of rotatable bonds is 5. The largest absolute Gasteiger partial charge is 0.497 e. The third-order valence-electron chi connectivity index (χ3n) is 6.21. The maximum Gasteiger partial charge on any atom is 0.258 e. The zero-order valence-electron chi connectivity index (χ0n) is 15.7. The van der Waals surface area contributed by atoms with Crippen LogP contribution < -0.4 is 20.1 Å². The monoisotopic (exact) mass is 374 g/mol. The Morgan fingerprint density at radius 2 is 2.22 bits per heavy atom. The standard InChI is InChI=1S/C20H26N2O5/c1-25-8-7-21-18(23)16-9-13-4-3-12(16)11-20(13)22-19(24)15-6-5-14(26-2)10-17(15)27-20/h5-6,10,12-13,16H,3-4,7-9,11H2,1-2H3,(H,21,23)(H,22,24)/t12-,13-,16-,20+/m1/s1. The first kappa shape index (κ1) is 18.1. The SMILES string of the molecule is COCCNC(=O)[C@@H]1C[C@H]2CC[C@@H]1C[C@@]21NC(=O)c2ccc(OC)cc2O1. The van der Waals surface area contributed by atoms with Crippen LogP contribution in [0.1, 0.15) is 36.0 Å². The number of hydrogen-bond donors (Lipinski definition) is 2. The van der Waals surface area contributed by atoms with Crippen molar-refractivity contribution in [2.75, 3.05) is 27.4 Å². The minimum atomic E-state index is -0.720. The Labute approximate surface area is 158 Å². The van der Waals surface area contributed by atoms with Crippen LogP contribution in [0.15, 0.2) is 18.2 Å². The quantitative estimate of drug-likeness (QED) is 0.767. The van der Waals surface area contributed by atoms with Gasteiger partial charge in [-0.25, -0.2) is 0 Å². The van der Waals surface area contributed by atoms with E-state index in [9.17, 15) is 9.59 Å². The minimum Gasteiger partial charge on any atom is -0.497 e. The van der Waals surface area contributed by atoms with E-state index < -0.39 is 5.72 Å². The van der Waals surface area contributed by atoms with Crippen molar-refractivity contribution in [3.63, 3.8) is 0 Å². The van der Waals surface area contributed by atoms with Gasteiger partial charge in [0, 0.05) is 38.0 Å². The second-order valence-electron chi connectivity index (χ2n) is 7.67. The predicted molar refractivity (Wildman–Crippen MR) is 97.6 cm³/mol. The van der Waals surface area contributed by atoms with Gasteiger partial charge in [0.25, 0.3) is 5.91 Å². The van der Waals surface area contributed by atoms with Crippen LogP contribution in [0.5, 0.6) is 11.5 Å². The molecule has 3 saturated carbocycles. The lowest BCUT2D eigenvalue weighted by molar-refractivity contribution is -0.146. The van der Waals surface area contributed by atoms with Gasteiger partial charge in [0.2, 0.25) is 5.91 Å². The highest BCUT2D eigenvalue weighted by Crippen LogP contribution is 2.52. The molecule has 0 aromatic heterocycles. The number of methoxy groups -OCH3 is 2. The zero-order valence-corrected chi connectivity index (χ0v) is 15.7. The van der Waals surface area contributed by atoms with Crippen molar-refractivity contribution < 1.29 is 23.8 Å². The summed E-state index contributed by atoms with van der Waals surface area (Å²) in [4.78, 5) is 25.3. The molecule has 1 spiro atoms. The van der Waals surface area contributed by atoms with Gasteiger partial charge in [-0.15, -0.1) is 0 Å². The fourth-order valence-corrected chi connectivity index (χ4v) is 4.85. The molecular weight excluding hydrogens is 348 g/mol. The van der Waals surface area contributed by atoms with Gasteiger partial charge in [0.05, 0.1) is 19.3 Å². The number of nitrogens with one attached hydrogen (secondary N) is 2. The van der Waals surface area contributed by atoms with E-state index in [0.717, 1.165) is 19.3 Å². The van der Waals surface area contributed by atoms with Crippen LogP contribution in [0, 0.1) is 17.8 Å². The number of benzene rings is 1. The highest BCUT2D eigenvalue weighted by molar-refractivity contribution is 5.98. The Morgan fingerprint density at radius 3 is 2.93 bits per heavy atom. The van der Waals surface area contributed by atoms with Gasteiger partial charge in [-0.1, -0.05) is 0 Å². The van der Waals surface area contributed by atoms with Gasteiger partial charge >= 0.3 is 0 Å². The van der Waals surface area contributed by atoms with Crippen molar-refractivity contribution in [1.82, 2.24) is 10.6 Å². The van der Waals surface area contributed by atoms with E-state index in [-0.39, 0.29) is 29.6 Å². The average Bonchev–Trinajstić information content (AvgIpc) is 2.67. The molecule has 1 heterocycles. The molecule has 3 aliphatic carbocycles. The van der Waals surface area contributed by atoms with Gasteiger partial charge in [-0.3, -0.25) is 9.59 Å². The van der Waals surface area contributed by atoms with Crippen LogP contribution in [-0.2, 0) is 9.53 Å². The average molecular weight is 374 g/mol. The topological polar surface area (TPSA) is 85.9 Å². The van der Waals surface area contributed by atoms with Crippen molar-refractivity contribution in [1.29, 1.82) is 0 Å². The molecule has 7 nitrogen and oxygen atoms in total. The van der Waals surface area contributed by atoms with Crippen molar-refractivity contribution in [2.45, 2.75) is 31.4 Å². The fourth-order valence-electron chi connectivity index (χ4n) is 4.85. The predicted octanol–water partition coefficient (Wildman–Crippen LogP) is 1.71. The van der Waals surface area contributed by atoms with E-state index in [1.807, 2.05) is 0 Å². The maximum atomic E-state index is 12.7. The Hall–Kier alpha value is -2.28. The normalized spacial score (nSPS) is 31.0. The van der Waals surface area contributed by atoms with Crippen molar-refractivity contribution in [3.8, 4) is 11.5 Å². The van der Waals surface area contributed by atoms with E-state index >= 15 is 0 Å². The summed E-state index contributed by atoms with van der Waals surface area (Å²) < 4.78 is 16.6. The Bertz CT molecular complexity index is 752. The Morgan fingerprint density at radius 1 is 1.37 bits per heavy atom. The molecule has 4 atom stereocenters. The first-order valence-corrected chi connectivity index (χ1v) is 9.52. The van der Waals surface area contributed by atoms with Crippen molar-refractivity contribution >= 4 is 11.8 Å². The number of amides is 2. The van der Waals surface area contributed by atoms with E-state index in [1.54, 1.807) is 32.4 Å². The second kappa shape index (κ2) is 7.03. The summed E-state index contributed by atoms with van der Waals surface area (Å²) >= 11 is 0. The van der Waals surface area contributed by atoms with Crippen LogP contribution >= 0.6 is 0 Å². The molecular formula is C20H26N2O5. The second-order valence-corrected chi connectivity index (χ2v) is 7.67. The Balaban J connectivity index is 1.53. The summed E-state index contributed by atoms with van der Waals surface area (Å²) in [5.74, 6) is 1.47. The smallest absolute Gasteiger partial charge is 0.258 e. The first-order chi connectivity index (χ1) is 13.1. The van der Waals surface area contributed by atoms with E-state index in [2.05, 4.69) is 10.6 Å². The number of ether oxygens (including phenoxy) is 3. The molecule has 1 aliphatic heterocycles. The summed E-state index contributed by atoms with van der Waals surface area (Å²) in [5.41, 5.74) is -0.195. The molecule has 1 aromatic rings. The minimum absolute atomic E-state index is 0.0292. The molecule has 5 rings (SSSR count). The molecule has 1 aromatic carbocycles. The summed E-state index contributed by atoms with van der Waals surface area (Å²) in [6.07, 6.45) is 3.32. The summed E-state index contributed by atoms with van der Waals surface area (Å²) in [5, 5.41) is 6.08. The first-order valence-electron chi connectivity index (χ1n) is 9.52. The van der Waals surface area contributed by atoms with Crippen LogP contribution in [-0.4, -0.2) is 44.9 Å². The molecule has 2 N–H and O–H groups in total. The molecule has 7 heteroatoms. The van der Waals surface area contributed by atoms with Crippen molar-refractivity contribution in [3.05, 3.63) is 23.8 Å². The zero-order chi connectivity index (χ0) is 19.0. The lowest BCUT2D eigenvalue weighted by Crippen LogP contribution is -2.67. The van der Waals surface area contributed by atoms with Gasteiger partial charge in [-0.05, 0) is 37.3 Å². The number of carbonyl (C=O) groups excluding carboxylic acids is 2. The fraction of sp³-hybridized carbons (Fsp3) is 0.600. The highest BCUT2D eigenvalue weighted by atomic mass is 16.5. The molecule has 146 valence electrons. The van der Waals surface area contributed by atoms with Crippen molar-refractivity contribution in [2.24, 2.45) is 17.8 Å². The van der Waals surface area contributed by atoms with Gasteiger partial charge in [0.1, 0.15) is 11.5 Å². The number of fused-ring (bicyclic) bond motifs is 3. The number of hydrogen-bond acceptors (Lipinski definition) is 5. The summed E-state index contributed by atoms with van der Waals surface area (Å²) in [6, 6.07) is 5.25. The molecule has 4 aliphatic rings. The van der Waals surface area contributed by atoms with Gasteiger partial charge < -0.3 is 24.8 Å². The Kier molecular flexibility index (Phi) is 4.72. The summed E-state index contributed by atoms with van der Waals surface area (Å²) in [7, 11) is 3.21. The third-order valence-corrected chi connectivity index (χ3v) is 6.21. The van der Waals surface area contributed by atoms with E-state index in [0.29, 0.717) is 36.6 Å². The third kappa shape index (κ3) is 3.14. The van der Waals surface area contributed by atoms with E-state index in [1.165, 1.54) is 0 Å². The lowest BCUT2D eigenvalue weighted by atomic mass is 9.60. The van der Waals surface area contributed by atoms with Gasteiger partial charge in [-0.2, -0.15) is 0 Å². The van der Waals surface area contributed by atoms with E-state index in [4.69, 9.17) is 14.2 Å². The lowest BCUT2D eigenvalue weighted by Gasteiger charge is -2.55. The molecule has 0 radical (unpaired) electrons. The van der Waals surface area contributed by atoms with Crippen LogP contribution in [0.2, 0.25) is 0 Å². The summed E-state index contributed by atoms with van der Waals surface area (Å²) in [6.45, 7) is 1.03. The maximum absolute atomic E-state index is 12.7. The molecule has 27 heavy (non-hydrogen) atoms. The molecule has 2 amide bonds. The van der Waals surface area contributed by atoms with Crippen LogP contribution in [0.3, 0.4) is 0 Å². The molecule has 0 unspecified atom stereocenters. The highest BCUT2D eigenvalue weighted by Gasteiger charge is 2.57.